The fourth-order valence-electron chi connectivity index (χ4n) is 1.36. The first kappa shape index (κ1) is 8.09. The number of benzene rings is 1. The summed E-state index contributed by atoms with van der Waals surface area (Å²) < 4.78 is 1.57. The third-order valence-corrected chi connectivity index (χ3v) is 5.07. The Bertz CT molecular complexity index is 302. The fraction of sp³-hybridized carbons (Fsp3) is 0.273. The van der Waals surface area contributed by atoms with Gasteiger partial charge in [0.25, 0.3) is 0 Å². The third kappa shape index (κ3) is 1.48. The molecule has 0 saturated heterocycles. The fourth-order valence-corrected chi connectivity index (χ4v) is 3.62. The first-order chi connectivity index (χ1) is 5.90. The van der Waals surface area contributed by atoms with Crippen LogP contribution in [0, 0.1) is 0 Å². The second kappa shape index (κ2) is 3.47. The van der Waals surface area contributed by atoms with Crippen molar-refractivity contribution < 1.29 is 0 Å². The van der Waals surface area contributed by atoms with E-state index in [9.17, 15) is 0 Å². The van der Waals surface area contributed by atoms with E-state index < -0.39 is 0 Å². The molecule has 0 bridgehead atoms. The van der Waals surface area contributed by atoms with Crippen LogP contribution in [0.25, 0.3) is 6.08 Å². The quantitative estimate of drug-likeness (QED) is 0.640. The first-order valence-electron chi connectivity index (χ1n) is 4.34. The molecule has 1 atom stereocenters. The van der Waals surface area contributed by atoms with Crippen molar-refractivity contribution in [2.45, 2.75) is 18.2 Å². The van der Waals surface area contributed by atoms with Crippen LogP contribution in [0.15, 0.2) is 30.3 Å². The molecule has 12 heavy (non-hydrogen) atoms. The zero-order valence-corrected chi connectivity index (χ0v) is 8.87. The van der Waals surface area contributed by atoms with E-state index in [2.05, 4.69) is 43.3 Å². The van der Waals surface area contributed by atoms with Gasteiger partial charge in [0.2, 0.25) is 0 Å². The SMILES string of the molecule is CCC1C=Cc2ccccc2[Se]1. The van der Waals surface area contributed by atoms with Gasteiger partial charge in [-0.25, -0.2) is 0 Å². The molecule has 0 saturated carbocycles. The van der Waals surface area contributed by atoms with Gasteiger partial charge in [0, 0.05) is 0 Å². The summed E-state index contributed by atoms with van der Waals surface area (Å²) in [5.41, 5.74) is 1.43. The number of hydrogen-bond donors (Lipinski definition) is 0. The molecular formula is C11H12Se. The molecule has 0 aromatic heterocycles. The van der Waals surface area contributed by atoms with E-state index in [1.165, 1.54) is 12.0 Å². The van der Waals surface area contributed by atoms with Gasteiger partial charge in [-0.15, -0.1) is 0 Å². The Labute approximate surface area is 79.8 Å². The van der Waals surface area contributed by atoms with Gasteiger partial charge in [0.1, 0.15) is 0 Å². The Hall–Kier alpha value is -0.521. The molecule has 1 aromatic rings. The summed E-state index contributed by atoms with van der Waals surface area (Å²) in [5, 5.41) is 0. The molecule has 0 spiro atoms. The number of hydrogen-bond acceptors (Lipinski definition) is 0. The van der Waals surface area contributed by atoms with Crippen molar-refractivity contribution in [1.82, 2.24) is 0 Å². The van der Waals surface area contributed by atoms with Gasteiger partial charge in [0.05, 0.1) is 0 Å². The molecule has 0 N–H and O–H groups in total. The maximum absolute atomic E-state index is 2.36. The Morgan fingerprint density at radius 1 is 1.33 bits per heavy atom. The summed E-state index contributed by atoms with van der Waals surface area (Å²) in [6.07, 6.45) is 5.92. The van der Waals surface area contributed by atoms with Gasteiger partial charge >= 0.3 is 79.6 Å². The van der Waals surface area contributed by atoms with Crippen LogP contribution in [0.2, 0.25) is 4.82 Å². The Morgan fingerprint density at radius 3 is 3.00 bits per heavy atom. The molecule has 1 unspecified atom stereocenters. The van der Waals surface area contributed by atoms with E-state index in [1.54, 1.807) is 4.46 Å². The van der Waals surface area contributed by atoms with Crippen LogP contribution >= 0.6 is 0 Å². The molecule has 1 aliphatic heterocycles. The molecule has 0 radical (unpaired) electrons. The van der Waals surface area contributed by atoms with Crippen molar-refractivity contribution in [3.8, 4) is 0 Å². The van der Waals surface area contributed by atoms with Gasteiger partial charge in [-0.1, -0.05) is 0 Å². The van der Waals surface area contributed by atoms with Gasteiger partial charge in [-0.05, 0) is 0 Å². The average Bonchev–Trinajstić information content (AvgIpc) is 2.17. The molecule has 1 heterocycles. The van der Waals surface area contributed by atoms with Crippen molar-refractivity contribution in [2.24, 2.45) is 0 Å². The van der Waals surface area contributed by atoms with Crippen molar-refractivity contribution in [2.75, 3.05) is 0 Å². The van der Waals surface area contributed by atoms with E-state index in [1.807, 2.05) is 0 Å². The summed E-state index contributed by atoms with van der Waals surface area (Å²) >= 11 is 0.667. The van der Waals surface area contributed by atoms with Crippen LogP contribution in [0.4, 0.5) is 0 Å². The van der Waals surface area contributed by atoms with Crippen molar-refractivity contribution in [3.05, 3.63) is 35.9 Å². The predicted octanol–water partition coefficient (Wildman–Crippen LogP) is 2.24. The van der Waals surface area contributed by atoms with Gasteiger partial charge in [-0.3, -0.25) is 0 Å². The summed E-state index contributed by atoms with van der Waals surface area (Å²) in [6, 6.07) is 8.74. The van der Waals surface area contributed by atoms with E-state index in [0.717, 1.165) is 4.82 Å². The van der Waals surface area contributed by atoms with E-state index in [4.69, 9.17) is 0 Å². The molecule has 0 aliphatic carbocycles. The van der Waals surface area contributed by atoms with Crippen LogP contribution in [0.3, 0.4) is 0 Å². The molecular weight excluding hydrogens is 211 g/mol. The van der Waals surface area contributed by atoms with Gasteiger partial charge in [0.15, 0.2) is 0 Å². The molecule has 1 aromatic carbocycles. The topological polar surface area (TPSA) is 0 Å². The summed E-state index contributed by atoms with van der Waals surface area (Å²) in [6.45, 7) is 2.27. The zero-order valence-electron chi connectivity index (χ0n) is 7.16. The van der Waals surface area contributed by atoms with Crippen molar-refractivity contribution >= 4 is 25.5 Å². The molecule has 0 fully saturated rings. The maximum atomic E-state index is 2.36. The molecule has 1 aliphatic rings. The predicted molar refractivity (Wildman–Crippen MR) is 54.9 cm³/mol. The van der Waals surface area contributed by atoms with E-state index >= 15 is 0 Å². The first-order valence-corrected chi connectivity index (χ1v) is 6.18. The molecule has 62 valence electrons. The molecule has 1 heteroatoms. The summed E-state index contributed by atoms with van der Waals surface area (Å²) in [5.74, 6) is 0. The van der Waals surface area contributed by atoms with Crippen LogP contribution < -0.4 is 4.46 Å². The molecule has 0 nitrogen and oxygen atoms in total. The number of rotatable bonds is 1. The normalized spacial score (nSPS) is 20.6. The van der Waals surface area contributed by atoms with Crippen molar-refractivity contribution in [3.63, 3.8) is 0 Å². The standard InChI is InChI=1S/C11H12Se/c1-2-10-8-7-9-5-3-4-6-11(9)12-10/h3-8,10H,2H2,1H3. The van der Waals surface area contributed by atoms with Gasteiger partial charge in [-0.2, -0.15) is 0 Å². The number of fused-ring (bicyclic) bond motifs is 1. The summed E-state index contributed by atoms with van der Waals surface area (Å²) in [7, 11) is 0. The van der Waals surface area contributed by atoms with E-state index in [0.29, 0.717) is 15.0 Å². The number of allylic oxidation sites excluding steroid dienone is 1. The van der Waals surface area contributed by atoms with Crippen molar-refractivity contribution in [1.29, 1.82) is 0 Å². The second-order valence-electron chi connectivity index (χ2n) is 2.96. The van der Waals surface area contributed by atoms with Gasteiger partial charge < -0.3 is 0 Å². The van der Waals surface area contributed by atoms with Crippen LogP contribution in [0.1, 0.15) is 18.9 Å². The third-order valence-electron chi connectivity index (χ3n) is 2.09. The Morgan fingerprint density at radius 2 is 2.17 bits per heavy atom. The van der Waals surface area contributed by atoms with Crippen LogP contribution in [-0.4, -0.2) is 15.0 Å². The Balaban J connectivity index is 2.33. The molecule has 0 amide bonds. The average molecular weight is 223 g/mol. The van der Waals surface area contributed by atoms with E-state index in [-0.39, 0.29) is 0 Å². The minimum atomic E-state index is 0.667. The summed E-state index contributed by atoms with van der Waals surface area (Å²) in [4.78, 5) is 0.826. The Kier molecular flexibility index (Phi) is 2.34. The second-order valence-corrected chi connectivity index (χ2v) is 5.65. The monoisotopic (exact) mass is 224 g/mol. The minimum absolute atomic E-state index is 0.667. The molecule has 2 rings (SSSR count). The zero-order chi connectivity index (χ0) is 8.39. The van der Waals surface area contributed by atoms with Crippen LogP contribution in [0.5, 0.6) is 0 Å². The van der Waals surface area contributed by atoms with Crippen LogP contribution in [-0.2, 0) is 0 Å².